The van der Waals surface area contributed by atoms with E-state index in [2.05, 4.69) is 25.3 Å². The number of amides is 1. The van der Waals surface area contributed by atoms with Crippen LogP contribution in [0.5, 0.6) is 5.75 Å². The molecule has 0 atom stereocenters. The van der Waals surface area contributed by atoms with Crippen LogP contribution in [0.25, 0.3) is 11.4 Å². The topological polar surface area (TPSA) is 163 Å². The summed E-state index contributed by atoms with van der Waals surface area (Å²) in [4.78, 5) is 41.8. The maximum absolute atomic E-state index is 12.7. The zero-order valence-electron chi connectivity index (χ0n) is 20.4. The molecule has 4 rings (SSSR count). The average Bonchev–Trinajstić information content (AvgIpc) is 2.89. The second-order valence-corrected chi connectivity index (χ2v) is 8.58. The van der Waals surface area contributed by atoms with E-state index in [4.69, 9.17) is 15.9 Å². The van der Waals surface area contributed by atoms with Crippen molar-refractivity contribution < 1.29 is 9.53 Å². The second-order valence-electron chi connectivity index (χ2n) is 8.58. The lowest BCUT2D eigenvalue weighted by Gasteiger charge is -2.32. The van der Waals surface area contributed by atoms with Gasteiger partial charge in [0, 0.05) is 50.9 Å². The van der Waals surface area contributed by atoms with Gasteiger partial charge in [-0.25, -0.2) is 15.0 Å². The minimum Gasteiger partial charge on any atom is -0.490 e. The third kappa shape index (κ3) is 5.51. The molecule has 5 N–H and O–H groups in total. The van der Waals surface area contributed by atoms with Gasteiger partial charge in [0.1, 0.15) is 29.1 Å². The number of piperidine rings is 1. The molecule has 2 aromatic heterocycles. The molecule has 0 bridgehead atoms. The maximum atomic E-state index is 12.7. The quantitative estimate of drug-likeness (QED) is 0.333. The largest absolute Gasteiger partial charge is 0.490 e. The van der Waals surface area contributed by atoms with Gasteiger partial charge in [0.2, 0.25) is 5.95 Å². The number of rotatable bonds is 9. The molecule has 0 aliphatic carbocycles. The predicted octanol–water partition coefficient (Wildman–Crippen LogP) is 2.58. The van der Waals surface area contributed by atoms with Gasteiger partial charge < -0.3 is 31.1 Å². The fraction of sp³-hybridized carbons (Fsp3) is 0.360. The molecule has 0 saturated carbocycles. The number of carbonyl (C=O) groups is 1. The smallest absolute Gasteiger partial charge is 0.275 e. The van der Waals surface area contributed by atoms with Crippen LogP contribution in [0.15, 0.2) is 41.5 Å². The number of ether oxygens (including phenoxy) is 1. The van der Waals surface area contributed by atoms with Crippen LogP contribution in [0, 0.1) is 5.41 Å². The Morgan fingerprint density at radius 3 is 2.64 bits per heavy atom. The summed E-state index contributed by atoms with van der Waals surface area (Å²) in [6.45, 7) is 3.41. The van der Waals surface area contributed by atoms with Gasteiger partial charge in [-0.2, -0.15) is 0 Å². The number of aromatic amines is 1. The molecule has 188 valence electrons. The highest BCUT2D eigenvalue weighted by atomic mass is 16.5. The zero-order chi connectivity index (χ0) is 25.7. The van der Waals surface area contributed by atoms with Crippen molar-refractivity contribution >= 4 is 23.3 Å². The van der Waals surface area contributed by atoms with Crippen LogP contribution in [0.2, 0.25) is 0 Å². The van der Waals surface area contributed by atoms with Gasteiger partial charge in [0.05, 0.1) is 11.3 Å². The van der Waals surface area contributed by atoms with E-state index in [1.54, 1.807) is 7.05 Å². The van der Waals surface area contributed by atoms with Gasteiger partial charge in [0.15, 0.2) is 0 Å². The van der Waals surface area contributed by atoms with E-state index in [-0.39, 0.29) is 17.2 Å². The van der Waals surface area contributed by atoms with Crippen molar-refractivity contribution in [3.05, 3.63) is 58.3 Å². The molecule has 0 unspecified atom stereocenters. The minimum atomic E-state index is -0.552. The van der Waals surface area contributed by atoms with Crippen LogP contribution in [0.1, 0.15) is 48.7 Å². The van der Waals surface area contributed by atoms with Crippen LogP contribution in [0.4, 0.5) is 11.6 Å². The Hall–Kier alpha value is -4.28. The molecule has 11 nitrogen and oxygen atoms in total. The summed E-state index contributed by atoms with van der Waals surface area (Å²) in [5.74, 6) is 1.08. The molecule has 0 spiro atoms. The SMILES string of the molecule is CCCC(=N)c1nc(-c2cccc(OC3CCN(c4ncc(C(N)=O)cn4)CC3)c2)[nH]c(=O)c1NC. The van der Waals surface area contributed by atoms with E-state index in [1.807, 2.05) is 36.1 Å². The van der Waals surface area contributed by atoms with Crippen LogP contribution in [-0.4, -0.2) is 57.8 Å². The molecule has 11 heteroatoms. The summed E-state index contributed by atoms with van der Waals surface area (Å²) in [7, 11) is 1.65. The maximum Gasteiger partial charge on any atom is 0.275 e. The Morgan fingerprint density at radius 2 is 2.00 bits per heavy atom. The molecule has 3 aromatic rings. The first-order valence-corrected chi connectivity index (χ1v) is 11.9. The average molecular weight is 491 g/mol. The summed E-state index contributed by atoms with van der Waals surface area (Å²) in [6, 6.07) is 7.44. The minimum absolute atomic E-state index is 0.00774. The Labute approximate surface area is 208 Å². The van der Waals surface area contributed by atoms with E-state index in [1.165, 1.54) is 12.4 Å². The van der Waals surface area contributed by atoms with E-state index >= 15 is 0 Å². The summed E-state index contributed by atoms with van der Waals surface area (Å²) in [5.41, 5.74) is 6.90. The molecule has 1 saturated heterocycles. The van der Waals surface area contributed by atoms with Crippen molar-refractivity contribution in [2.24, 2.45) is 5.73 Å². The predicted molar refractivity (Wildman–Crippen MR) is 138 cm³/mol. The van der Waals surface area contributed by atoms with Gasteiger partial charge in [-0.1, -0.05) is 25.5 Å². The number of hydrogen-bond donors (Lipinski definition) is 4. The summed E-state index contributed by atoms with van der Waals surface area (Å²) in [5, 5.41) is 11.2. The monoisotopic (exact) mass is 490 g/mol. The number of hydrogen-bond acceptors (Lipinski definition) is 9. The molecule has 1 fully saturated rings. The number of anilines is 2. The molecule has 1 aromatic carbocycles. The number of nitrogens with two attached hydrogens (primary N) is 1. The number of H-pyrrole nitrogens is 1. The van der Waals surface area contributed by atoms with Crippen molar-refractivity contribution in [1.82, 2.24) is 19.9 Å². The number of nitrogens with one attached hydrogen (secondary N) is 3. The molecule has 36 heavy (non-hydrogen) atoms. The number of carbonyl (C=O) groups excluding carboxylic acids is 1. The summed E-state index contributed by atoms with van der Waals surface area (Å²) >= 11 is 0. The fourth-order valence-electron chi connectivity index (χ4n) is 4.12. The first-order valence-electron chi connectivity index (χ1n) is 11.9. The van der Waals surface area contributed by atoms with E-state index in [0.29, 0.717) is 59.7 Å². The lowest BCUT2D eigenvalue weighted by Crippen LogP contribution is -2.39. The van der Waals surface area contributed by atoms with Crippen LogP contribution in [-0.2, 0) is 0 Å². The normalized spacial score (nSPS) is 13.9. The first-order chi connectivity index (χ1) is 17.4. The third-order valence-electron chi connectivity index (χ3n) is 6.01. The summed E-state index contributed by atoms with van der Waals surface area (Å²) < 4.78 is 6.24. The number of nitrogens with zero attached hydrogens (tertiary/aromatic N) is 4. The van der Waals surface area contributed by atoms with Crippen molar-refractivity contribution in [3.8, 4) is 17.1 Å². The Bertz CT molecular complexity index is 1300. The van der Waals surface area contributed by atoms with Crippen LogP contribution < -0.4 is 26.2 Å². The van der Waals surface area contributed by atoms with Crippen molar-refractivity contribution in [2.45, 2.75) is 38.7 Å². The highest BCUT2D eigenvalue weighted by molar-refractivity contribution is 6.01. The van der Waals surface area contributed by atoms with Crippen molar-refractivity contribution in [2.75, 3.05) is 30.4 Å². The van der Waals surface area contributed by atoms with E-state index in [9.17, 15) is 9.59 Å². The standard InChI is InChI=1S/C25H30N8O3/c1-3-5-19(26)20-21(28-2)24(35)32-23(31-20)15-6-4-7-18(12-15)36-17-8-10-33(11-9-17)25-29-13-16(14-30-25)22(27)34/h4,6-7,12-14,17,26,28H,3,5,8-11H2,1-2H3,(H2,27,34)(H,31,32,35). The number of primary amides is 1. The number of aromatic nitrogens is 4. The van der Waals surface area contributed by atoms with Crippen LogP contribution >= 0.6 is 0 Å². The lowest BCUT2D eigenvalue weighted by atomic mass is 10.1. The van der Waals surface area contributed by atoms with E-state index in [0.717, 1.165) is 19.3 Å². The molecular formula is C25H30N8O3. The molecule has 3 heterocycles. The Morgan fingerprint density at radius 1 is 1.28 bits per heavy atom. The van der Waals surface area contributed by atoms with Gasteiger partial charge in [-0.15, -0.1) is 0 Å². The van der Waals surface area contributed by atoms with Gasteiger partial charge >= 0.3 is 0 Å². The summed E-state index contributed by atoms with van der Waals surface area (Å²) in [6.07, 6.45) is 5.76. The molecule has 1 amide bonds. The highest BCUT2D eigenvalue weighted by Crippen LogP contribution is 2.26. The van der Waals surface area contributed by atoms with E-state index < -0.39 is 5.91 Å². The van der Waals surface area contributed by atoms with Gasteiger partial charge in [-0.3, -0.25) is 9.59 Å². The fourth-order valence-corrected chi connectivity index (χ4v) is 4.12. The molecular weight excluding hydrogens is 460 g/mol. The zero-order valence-corrected chi connectivity index (χ0v) is 20.4. The van der Waals surface area contributed by atoms with Crippen molar-refractivity contribution in [3.63, 3.8) is 0 Å². The van der Waals surface area contributed by atoms with Gasteiger partial charge in [0.25, 0.3) is 11.5 Å². The molecule has 1 aliphatic rings. The molecule has 0 radical (unpaired) electrons. The Balaban J connectivity index is 1.45. The van der Waals surface area contributed by atoms with Gasteiger partial charge in [-0.05, 0) is 18.6 Å². The Kier molecular flexibility index (Phi) is 7.57. The van der Waals surface area contributed by atoms with Crippen LogP contribution in [0.3, 0.4) is 0 Å². The number of benzene rings is 1. The third-order valence-corrected chi connectivity index (χ3v) is 6.01. The first kappa shape index (κ1) is 24.8. The highest BCUT2D eigenvalue weighted by Gasteiger charge is 2.23. The molecule has 1 aliphatic heterocycles. The second kappa shape index (κ2) is 11.0. The van der Waals surface area contributed by atoms with Crippen molar-refractivity contribution in [1.29, 1.82) is 5.41 Å². The lowest BCUT2D eigenvalue weighted by molar-refractivity contribution is 0.0999.